The van der Waals surface area contributed by atoms with Crippen LogP contribution in [0.3, 0.4) is 0 Å². The second kappa shape index (κ2) is 3.78. The molecule has 1 amide bonds. The molecule has 15 heavy (non-hydrogen) atoms. The molecule has 0 spiro atoms. The highest BCUT2D eigenvalue weighted by atomic mass is 16.5. The maximum Gasteiger partial charge on any atom is 0.219 e. The van der Waals surface area contributed by atoms with E-state index in [0.717, 1.165) is 12.8 Å². The van der Waals surface area contributed by atoms with Crippen LogP contribution in [0.2, 0.25) is 0 Å². The molecule has 1 rings (SSSR count). The van der Waals surface area contributed by atoms with Crippen LogP contribution in [0.1, 0.15) is 40.5 Å². The molecule has 0 aliphatic heterocycles. The summed E-state index contributed by atoms with van der Waals surface area (Å²) in [7, 11) is 3.64. The Bertz CT molecular complexity index is 249. The summed E-state index contributed by atoms with van der Waals surface area (Å²) in [5.41, 5.74) is 0.0806. The second-order valence-electron chi connectivity index (χ2n) is 5.64. The second-order valence-corrected chi connectivity index (χ2v) is 5.64. The lowest BCUT2D eigenvalue weighted by Crippen LogP contribution is -2.62. The first-order valence-corrected chi connectivity index (χ1v) is 5.52. The predicted molar refractivity (Wildman–Crippen MR) is 60.7 cm³/mol. The van der Waals surface area contributed by atoms with Gasteiger partial charge in [0.05, 0.1) is 5.60 Å². The van der Waals surface area contributed by atoms with Gasteiger partial charge in [0.2, 0.25) is 5.91 Å². The zero-order chi connectivity index (χ0) is 11.9. The van der Waals surface area contributed by atoms with Crippen molar-refractivity contribution in [2.45, 2.75) is 52.2 Å². The Morgan fingerprint density at radius 3 is 2.13 bits per heavy atom. The molecule has 0 unspecified atom stereocenters. The van der Waals surface area contributed by atoms with Crippen molar-refractivity contribution in [3.63, 3.8) is 0 Å². The summed E-state index contributed by atoms with van der Waals surface area (Å²) >= 11 is 0. The number of carbonyl (C=O) groups is 1. The van der Waals surface area contributed by atoms with Gasteiger partial charge in [0.1, 0.15) is 0 Å². The molecule has 1 saturated carbocycles. The normalized spacial score (nSPS) is 30.9. The third kappa shape index (κ3) is 2.03. The maximum absolute atomic E-state index is 11.2. The standard InChI is InChI=1S/C12H23NO2/c1-9(14)13(5)10-7-12(8-10,15-6)11(2,3)4/h10H,7-8H2,1-6H3. The molecular weight excluding hydrogens is 190 g/mol. The Labute approximate surface area is 92.8 Å². The molecule has 0 atom stereocenters. The number of nitrogens with zero attached hydrogens (tertiary/aromatic N) is 1. The number of hydrogen-bond acceptors (Lipinski definition) is 2. The number of hydrogen-bond donors (Lipinski definition) is 0. The van der Waals surface area contributed by atoms with E-state index in [2.05, 4.69) is 20.8 Å². The Morgan fingerprint density at radius 1 is 1.40 bits per heavy atom. The highest BCUT2D eigenvalue weighted by Gasteiger charge is 2.53. The van der Waals surface area contributed by atoms with Gasteiger partial charge in [-0.1, -0.05) is 20.8 Å². The van der Waals surface area contributed by atoms with E-state index in [-0.39, 0.29) is 16.9 Å². The van der Waals surface area contributed by atoms with Gasteiger partial charge >= 0.3 is 0 Å². The molecular formula is C12H23NO2. The Kier molecular flexibility index (Phi) is 3.15. The van der Waals surface area contributed by atoms with Crippen LogP contribution >= 0.6 is 0 Å². The van der Waals surface area contributed by atoms with Crippen molar-refractivity contribution in [2.24, 2.45) is 5.41 Å². The molecule has 88 valence electrons. The topological polar surface area (TPSA) is 29.5 Å². The average molecular weight is 213 g/mol. The average Bonchev–Trinajstić information content (AvgIpc) is 1.99. The number of rotatable bonds is 2. The van der Waals surface area contributed by atoms with E-state index in [4.69, 9.17) is 4.74 Å². The van der Waals surface area contributed by atoms with Crippen molar-refractivity contribution in [3.8, 4) is 0 Å². The van der Waals surface area contributed by atoms with Crippen molar-refractivity contribution >= 4 is 5.91 Å². The number of amides is 1. The minimum absolute atomic E-state index is 0.0542. The number of carbonyl (C=O) groups excluding carboxylic acids is 1. The van der Waals surface area contributed by atoms with Gasteiger partial charge in [-0.25, -0.2) is 0 Å². The van der Waals surface area contributed by atoms with Crippen molar-refractivity contribution in [3.05, 3.63) is 0 Å². The first kappa shape index (κ1) is 12.5. The fraction of sp³-hybridized carbons (Fsp3) is 0.917. The highest BCUT2D eigenvalue weighted by Crippen LogP contribution is 2.49. The molecule has 0 aromatic rings. The lowest BCUT2D eigenvalue weighted by molar-refractivity contribution is -0.180. The Morgan fingerprint density at radius 2 is 1.87 bits per heavy atom. The van der Waals surface area contributed by atoms with Gasteiger partial charge in [-0.2, -0.15) is 0 Å². The molecule has 0 radical (unpaired) electrons. The van der Waals surface area contributed by atoms with E-state index in [9.17, 15) is 4.79 Å². The molecule has 0 heterocycles. The summed E-state index contributed by atoms with van der Waals surface area (Å²) < 4.78 is 5.66. The maximum atomic E-state index is 11.2. The summed E-state index contributed by atoms with van der Waals surface area (Å²) in [5.74, 6) is 0.138. The van der Waals surface area contributed by atoms with Gasteiger partial charge in [0, 0.05) is 27.1 Å². The fourth-order valence-corrected chi connectivity index (χ4v) is 2.32. The van der Waals surface area contributed by atoms with Crippen LogP contribution in [-0.2, 0) is 9.53 Å². The van der Waals surface area contributed by atoms with Crippen LogP contribution in [0.15, 0.2) is 0 Å². The largest absolute Gasteiger partial charge is 0.378 e. The van der Waals surface area contributed by atoms with Crippen LogP contribution in [0.4, 0.5) is 0 Å². The summed E-state index contributed by atoms with van der Waals surface area (Å²) in [5, 5.41) is 0. The van der Waals surface area contributed by atoms with E-state index < -0.39 is 0 Å². The SMILES string of the molecule is COC1(C(C)(C)C)CC(N(C)C(C)=O)C1. The molecule has 0 aromatic carbocycles. The van der Waals surface area contributed by atoms with E-state index in [1.165, 1.54) is 0 Å². The first-order chi connectivity index (χ1) is 6.73. The zero-order valence-corrected chi connectivity index (χ0v) is 10.8. The summed E-state index contributed by atoms with van der Waals surface area (Å²) in [4.78, 5) is 13.0. The summed E-state index contributed by atoms with van der Waals surface area (Å²) in [6.45, 7) is 8.20. The lowest BCUT2D eigenvalue weighted by atomic mass is 9.61. The van der Waals surface area contributed by atoms with Crippen LogP contribution in [0.5, 0.6) is 0 Å². The summed E-state index contributed by atoms with van der Waals surface area (Å²) in [6.07, 6.45) is 1.90. The van der Waals surface area contributed by atoms with Crippen LogP contribution < -0.4 is 0 Å². The van der Waals surface area contributed by atoms with Crippen molar-refractivity contribution in [1.29, 1.82) is 0 Å². The minimum atomic E-state index is -0.0542. The van der Waals surface area contributed by atoms with Gasteiger partial charge in [-0.15, -0.1) is 0 Å². The van der Waals surface area contributed by atoms with Crippen LogP contribution in [0.25, 0.3) is 0 Å². The van der Waals surface area contributed by atoms with Gasteiger partial charge < -0.3 is 9.64 Å². The van der Waals surface area contributed by atoms with Crippen molar-refractivity contribution in [1.82, 2.24) is 4.90 Å². The molecule has 1 fully saturated rings. The van der Waals surface area contributed by atoms with E-state index in [1.807, 2.05) is 11.9 Å². The fourth-order valence-electron chi connectivity index (χ4n) is 2.32. The quantitative estimate of drug-likeness (QED) is 0.702. The monoisotopic (exact) mass is 213 g/mol. The van der Waals surface area contributed by atoms with E-state index >= 15 is 0 Å². The van der Waals surface area contributed by atoms with Crippen LogP contribution in [0, 0.1) is 5.41 Å². The first-order valence-electron chi connectivity index (χ1n) is 5.52. The summed E-state index contributed by atoms with van der Waals surface area (Å²) in [6, 6.07) is 0.349. The Hall–Kier alpha value is -0.570. The molecule has 1 aliphatic carbocycles. The van der Waals surface area contributed by atoms with Gasteiger partial charge in [0.25, 0.3) is 0 Å². The van der Waals surface area contributed by atoms with Gasteiger partial charge in [-0.3, -0.25) is 4.79 Å². The molecule has 0 N–H and O–H groups in total. The van der Waals surface area contributed by atoms with Crippen LogP contribution in [-0.4, -0.2) is 36.6 Å². The molecule has 0 aromatic heterocycles. The van der Waals surface area contributed by atoms with Gasteiger partial charge in [-0.05, 0) is 18.3 Å². The molecule has 3 heteroatoms. The molecule has 0 bridgehead atoms. The van der Waals surface area contributed by atoms with Gasteiger partial charge in [0.15, 0.2) is 0 Å². The third-order valence-electron chi connectivity index (χ3n) is 3.93. The highest BCUT2D eigenvalue weighted by molar-refractivity contribution is 5.73. The number of ether oxygens (including phenoxy) is 1. The predicted octanol–water partition coefficient (Wildman–Crippen LogP) is 2.06. The third-order valence-corrected chi connectivity index (χ3v) is 3.93. The number of methoxy groups -OCH3 is 1. The minimum Gasteiger partial charge on any atom is -0.378 e. The molecule has 1 aliphatic rings. The smallest absolute Gasteiger partial charge is 0.219 e. The van der Waals surface area contributed by atoms with Crippen molar-refractivity contribution in [2.75, 3.05) is 14.2 Å². The zero-order valence-electron chi connectivity index (χ0n) is 10.8. The van der Waals surface area contributed by atoms with E-state index in [0.29, 0.717) is 6.04 Å². The molecule has 0 saturated heterocycles. The molecule has 3 nitrogen and oxygen atoms in total. The van der Waals surface area contributed by atoms with E-state index in [1.54, 1.807) is 14.0 Å². The van der Waals surface area contributed by atoms with Crippen molar-refractivity contribution < 1.29 is 9.53 Å². The lowest BCUT2D eigenvalue weighted by Gasteiger charge is -2.56. The Balaban J connectivity index is 2.64.